The number of aryl methyl sites for hydroxylation is 1. The SMILES string of the molecule is CC1=C(Cc2ccncc2)CCc2ccccc21. The summed E-state index contributed by atoms with van der Waals surface area (Å²) in [7, 11) is 0. The van der Waals surface area contributed by atoms with Gasteiger partial charge in [-0.15, -0.1) is 0 Å². The first-order chi connectivity index (χ1) is 8.84. The first-order valence-corrected chi connectivity index (χ1v) is 6.50. The summed E-state index contributed by atoms with van der Waals surface area (Å²) in [6.07, 6.45) is 7.17. The van der Waals surface area contributed by atoms with Crippen LogP contribution in [0.3, 0.4) is 0 Å². The van der Waals surface area contributed by atoms with Crippen LogP contribution in [0.2, 0.25) is 0 Å². The zero-order chi connectivity index (χ0) is 12.4. The predicted octanol–water partition coefficient (Wildman–Crippen LogP) is 4.04. The largest absolute Gasteiger partial charge is 0.265 e. The predicted molar refractivity (Wildman–Crippen MR) is 75.3 cm³/mol. The summed E-state index contributed by atoms with van der Waals surface area (Å²) in [5, 5.41) is 0. The van der Waals surface area contributed by atoms with Crippen LogP contribution in [0.25, 0.3) is 5.57 Å². The van der Waals surface area contributed by atoms with Crippen molar-refractivity contribution in [3.63, 3.8) is 0 Å². The van der Waals surface area contributed by atoms with Gasteiger partial charge in [0.1, 0.15) is 0 Å². The molecule has 1 heterocycles. The molecule has 1 aliphatic rings. The number of pyridine rings is 1. The van der Waals surface area contributed by atoms with Crippen molar-refractivity contribution in [1.29, 1.82) is 0 Å². The smallest absolute Gasteiger partial charge is 0.0270 e. The molecule has 1 aliphatic carbocycles. The lowest BCUT2D eigenvalue weighted by atomic mass is 9.84. The van der Waals surface area contributed by atoms with Gasteiger partial charge in [0.2, 0.25) is 0 Å². The van der Waals surface area contributed by atoms with E-state index in [0.29, 0.717) is 0 Å². The highest BCUT2D eigenvalue weighted by atomic mass is 14.6. The van der Waals surface area contributed by atoms with E-state index in [1.165, 1.54) is 35.1 Å². The zero-order valence-electron chi connectivity index (χ0n) is 10.7. The van der Waals surface area contributed by atoms with Crippen molar-refractivity contribution in [2.24, 2.45) is 0 Å². The Morgan fingerprint density at radius 2 is 1.78 bits per heavy atom. The van der Waals surface area contributed by atoms with Crippen LogP contribution in [-0.2, 0) is 12.8 Å². The number of rotatable bonds is 2. The average Bonchev–Trinajstić information content (AvgIpc) is 2.43. The summed E-state index contributed by atoms with van der Waals surface area (Å²) < 4.78 is 0. The van der Waals surface area contributed by atoms with Crippen molar-refractivity contribution >= 4 is 5.57 Å². The van der Waals surface area contributed by atoms with Crippen molar-refractivity contribution in [3.05, 3.63) is 71.1 Å². The third-order valence-electron chi connectivity index (χ3n) is 3.81. The van der Waals surface area contributed by atoms with E-state index in [1.807, 2.05) is 12.4 Å². The van der Waals surface area contributed by atoms with E-state index in [4.69, 9.17) is 0 Å². The van der Waals surface area contributed by atoms with Crippen molar-refractivity contribution < 1.29 is 0 Å². The number of benzene rings is 1. The van der Waals surface area contributed by atoms with Crippen LogP contribution in [0.15, 0.2) is 54.4 Å². The van der Waals surface area contributed by atoms with E-state index < -0.39 is 0 Å². The van der Waals surface area contributed by atoms with E-state index in [1.54, 1.807) is 5.57 Å². The molecule has 0 saturated carbocycles. The summed E-state index contributed by atoms with van der Waals surface area (Å²) in [6.45, 7) is 2.26. The normalized spacial score (nSPS) is 14.5. The van der Waals surface area contributed by atoms with Gasteiger partial charge in [0.15, 0.2) is 0 Å². The van der Waals surface area contributed by atoms with E-state index in [0.717, 1.165) is 6.42 Å². The van der Waals surface area contributed by atoms with E-state index in [2.05, 4.69) is 48.3 Å². The molecule has 0 radical (unpaired) electrons. The maximum atomic E-state index is 4.08. The maximum Gasteiger partial charge on any atom is 0.0270 e. The lowest BCUT2D eigenvalue weighted by molar-refractivity contribution is 0.876. The number of aromatic nitrogens is 1. The van der Waals surface area contributed by atoms with Crippen LogP contribution < -0.4 is 0 Å². The maximum absolute atomic E-state index is 4.08. The van der Waals surface area contributed by atoms with E-state index in [-0.39, 0.29) is 0 Å². The highest BCUT2D eigenvalue weighted by Gasteiger charge is 2.15. The molecule has 0 unspecified atom stereocenters. The molecule has 1 heteroatoms. The molecule has 0 amide bonds. The third kappa shape index (κ3) is 2.08. The molecule has 1 aromatic carbocycles. The third-order valence-corrected chi connectivity index (χ3v) is 3.81. The Labute approximate surface area is 108 Å². The summed E-state index contributed by atoms with van der Waals surface area (Å²) in [5.74, 6) is 0. The van der Waals surface area contributed by atoms with Crippen LogP contribution in [0.5, 0.6) is 0 Å². The van der Waals surface area contributed by atoms with Gasteiger partial charge < -0.3 is 0 Å². The van der Waals surface area contributed by atoms with Crippen LogP contribution in [0.1, 0.15) is 30.0 Å². The minimum atomic E-state index is 1.06. The second kappa shape index (κ2) is 4.77. The quantitative estimate of drug-likeness (QED) is 0.765. The van der Waals surface area contributed by atoms with Gasteiger partial charge in [0.05, 0.1) is 0 Å². The molecule has 0 fully saturated rings. The number of allylic oxidation sites excluding steroid dienone is 2. The highest BCUT2D eigenvalue weighted by Crippen LogP contribution is 2.32. The minimum absolute atomic E-state index is 1.06. The fraction of sp³-hybridized carbons (Fsp3) is 0.235. The van der Waals surface area contributed by atoms with Crippen molar-refractivity contribution in [2.75, 3.05) is 0 Å². The highest BCUT2D eigenvalue weighted by molar-refractivity contribution is 5.71. The molecular weight excluding hydrogens is 218 g/mol. The summed E-state index contributed by atoms with van der Waals surface area (Å²) >= 11 is 0. The second-order valence-corrected chi connectivity index (χ2v) is 4.92. The van der Waals surface area contributed by atoms with E-state index >= 15 is 0 Å². The second-order valence-electron chi connectivity index (χ2n) is 4.92. The minimum Gasteiger partial charge on any atom is -0.265 e. The topological polar surface area (TPSA) is 12.9 Å². The lowest BCUT2D eigenvalue weighted by Gasteiger charge is -2.21. The Kier molecular flexibility index (Phi) is 2.97. The van der Waals surface area contributed by atoms with Crippen LogP contribution in [0.4, 0.5) is 0 Å². The molecular formula is C17H17N. The van der Waals surface area contributed by atoms with Gasteiger partial charge >= 0.3 is 0 Å². The molecule has 0 atom stereocenters. The Bertz CT molecular complexity index is 582. The average molecular weight is 235 g/mol. The molecule has 1 aromatic heterocycles. The van der Waals surface area contributed by atoms with Gasteiger partial charge in [-0.05, 0) is 60.6 Å². The standard InChI is InChI=1S/C17H17N/c1-13-16(12-14-8-10-18-11-9-14)7-6-15-4-2-3-5-17(13)15/h2-5,8-11H,6-7,12H2,1H3. The Morgan fingerprint density at radius 1 is 1.00 bits per heavy atom. The van der Waals surface area contributed by atoms with Crippen LogP contribution >= 0.6 is 0 Å². The van der Waals surface area contributed by atoms with Gasteiger partial charge in [-0.1, -0.05) is 29.8 Å². The zero-order valence-corrected chi connectivity index (χ0v) is 10.7. The van der Waals surface area contributed by atoms with Crippen molar-refractivity contribution in [3.8, 4) is 0 Å². The van der Waals surface area contributed by atoms with Gasteiger partial charge in [0, 0.05) is 12.4 Å². The van der Waals surface area contributed by atoms with Crippen molar-refractivity contribution in [1.82, 2.24) is 4.98 Å². The summed E-state index contributed by atoms with van der Waals surface area (Å²) in [4.78, 5) is 4.08. The Morgan fingerprint density at radius 3 is 2.61 bits per heavy atom. The first-order valence-electron chi connectivity index (χ1n) is 6.50. The summed E-state index contributed by atoms with van der Waals surface area (Å²) in [5.41, 5.74) is 7.33. The molecule has 2 aromatic rings. The molecule has 0 aliphatic heterocycles. The lowest BCUT2D eigenvalue weighted by Crippen LogP contribution is -2.05. The molecule has 0 N–H and O–H groups in total. The molecule has 0 bridgehead atoms. The Hall–Kier alpha value is -1.89. The van der Waals surface area contributed by atoms with Crippen LogP contribution in [0, 0.1) is 0 Å². The molecule has 18 heavy (non-hydrogen) atoms. The number of fused-ring (bicyclic) bond motifs is 1. The fourth-order valence-corrected chi connectivity index (χ4v) is 2.74. The van der Waals surface area contributed by atoms with Gasteiger partial charge in [-0.3, -0.25) is 4.98 Å². The fourth-order valence-electron chi connectivity index (χ4n) is 2.74. The molecule has 0 saturated heterocycles. The Balaban J connectivity index is 1.94. The molecule has 90 valence electrons. The van der Waals surface area contributed by atoms with E-state index in [9.17, 15) is 0 Å². The number of nitrogens with zero attached hydrogens (tertiary/aromatic N) is 1. The van der Waals surface area contributed by atoms with Gasteiger partial charge in [-0.25, -0.2) is 0 Å². The molecule has 0 spiro atoms. The number of hydrogen-bond donors (Lipinski definition) is 0. The molecule has 3 rings (SSSR count). The van der Waals surface area contributed by atoms with Gasteiger partial charge in [-0.2, -0.15) is 0 Å². The monoisotopic (exact) mass is 235 g/mol. The van der Waals surface area contributed by atoms with Crippen LogP contribution in [-0.4, -0.2) is 4.98 Å². The summed E-state index contributed by atoms with van der Waals surface area (Å²) in [6, 6.07) is 13.0. The first kappa shape index (κ1) is 11.2. The van der Waals surface area contributed by atoms with Crippen molar-refractivity contribution in [2.45, 2.75) is 26.2 Å². The number of hydrogen-bond acceptors (Lipinski definition) is 1. The van der Waals surface area contributed by atoms with Gasteiger partial charge in [0.25, 0.3) is 0 Å². The molecule has 1 nitrogen and oxygen atoms in total.